The van der Waals surface area contributed by atoms with Crippen LogP contribution in [0.5, 0.6) is 0 Å². The summed E-state index contributed by atoms with van der Waals surface area (Å²) in [5, 5.41) is 3.26. The molecule has 28 heavy (non-hydrogen) atoms. The number of nitrogens with one attached hydrogen (secondary N) is 2. The largest absolute Gasteiger partial charge is 0.416 e. The maximum atomic E-state index is 13.2. The van der Waals surface area contributed by atoms with E-state index in [1.165, 1.54) is 13.0 Å². The highest BCUT2D eigenvalue weighted by atomic mass is 19.4. The second-order valence-electron chi connectivity index (χ2n) is 6.89. The van der Waals surface area contributed by atoms with Crippen molar-refractivity contribution in [1.82, 2.24) is 15.6 Å². The summed E-state index contributed by atoms with van der Waals surface area (Å²) >= 11 is 0. The quantitative estimate of drug-likeness (QED) is 0.317. The van der Waals surface area contributed by atoms with E-state index in [1.54, 1.807) is 20.0 Å². The lowest BCUT2D eigenvalue weighted by molar-refractivity contribution is -0.138. The zero-order chi connectivity index (χ0) is 21.1. The van der Waals surface area contributed by atoms with Gasteiger partial charge in [0.05, 0.1) is 17.3 Å². The van der Waals surface area contributed by atoms with Gasteiger partial charge in [-0.3, -0.25) is 9.89 Å². The average molecular weight is 396 g/mol. The summed E-state index contributed by atoms with van der Waals surface area (Å²) in [5.74, 6) is 6.58. The Labute approximate surface area is 163 Å². The summed E-state index contributed by atoms with van der Waals surface area (Å²) in [6, 6.07) is 3.87. The van der Waals surface area contributed by atoms with Crippen LogP contribution in [0.25, 0.3) is 0 Å². The predicted molar refractivity (Wildman–Crippen MR) is 106 cm³/mol. The molecule has 1 heterocycles. The van der Waals surface area contributed by atoms with Crippen LogP contribution < -0.4 is 16.6 Å². The summed E-state index contributed by atoms with van der Waals surface area (Å²) in [6.07, 6.45) is -4.38. The van der Waals surface area contributed by atoms with Gasteiger partial charge in [-0.15, -0.1) is 0 Å². The first kappa shape index (κ1) is 21.9. The van der Waals surface area contributed by atoms with Crippen LogP contribution in [0.3, 0.4) is 0 Å². The summed E-state index contributed by atoms with van der Waals surface area (Å²) in [4.78, 5) is 10.9. The smallest absolute Gasteiger partial charge is 0.364 e. The first-order chi connectivity index (χ1) is 13.1. The fraction of sp³-hybridized carbons (Fsp3) is 0.474. The van der Waals surface area contributed by atoms with Crippen LogP contribution in [-0.4, -0.2) is 43.8 Å². The van der Waals surface area contributed by atoms with E-state index < -0.39 is 11.7 Å². The summed E-state index contributed by atoms with van der Waals surface area (Å²) in [7, 11) is 3.61. The Morgan fingerprint density at radius 2 is 1.96 bits per heavy atom. The van der Waals surface area contributed by atoms with Crippen LogP contribution in [0.15, 0.2) is 39.5 Å². The second kappa shape index (κ2) is 8.74. The third kappa shape index (κ3) is 4.90. The van der Waals surface area contributed by atoms with Gasteiger partial charge < -0.3 is 10.7 Å². The fourth-order valence-corrected chi connectivity index (χ4v) is 3.32. The van der Waals surface area contributed by atoms with Crippen molar-refractivity contribution >= 4 is 11.7 Å². The monoisotopic (exact) mass is 396 g/mol. The molecule has 1 aliphatic rings. The van der Waals surface area contributed by atoms with Crippen molar-refractivity contribution in [3.8, 4) is 0 Å². The van der Waals surface area contributed by atoms with Gasteiger partial charge in [-0.05, 0) is 45.0 Å². The van der Waals surface area contributed by atoms with Gasteiger partial charge in [0, 0.05) is 25.7 Å². The zero-order valence-corrected chi connectivity index (χ0v) is 16.8. The minimum absolute atomic E-state index is 0.212. The summed E-state index contributed by atoms with van der Waals surface area (Å²) in [6.45, 7) is 6.33. The molecule has 154 valence electrons. The van der Waals surface area contributed by atoms with Crippen LogP contribution in [0.1, 0.15) is 36.6 Å². The van der Waals surface area contributed by atoms with Gasteiger partial charge in [0.2, 0.25) is 0 Å². The number of hydrogen-bond donors (Lipinski definition) is 3. The number of hydrazine groups is 1. The molecule has 1 aromatic rings. The van der Waals surface area contributed by atoms with Gasteiger partial charge >= 0.3 is 6.18 Å². The third-order valence-corrected chi connectivity index (χ3v) is 4.72. The van der Waals surface area contributed by atoms with E-state index in [2.05, 4.69) is 25.6 Å². The molecule has 0 saturated carbocycles. The first-order valence-electron chi connectivity index (χ1n) is 8.91. The molecule has 1 atom stereocenters. The minimum Gasteiger partial charge on any atom is -0.364 e. The minimum atomic E-state index is -4.38. The lowest BCUT2D eigenvalue weighted by atomic mass is 9.97. The van der Waals surface area contributed by atoms with Gasteiger partial charge in [-0.2, -0.15) is 13.2 Å². The highest BCUT2D eigenvalue weighted by Crippen LogP contribution is 2.34. The fourth-order valence-electron chi connectivity index (χ4n) is 3.32. The molecule has 4 N–H and O–H groups in total. The lowest BCUT2D eigenvalue weighted by Crippen LogP contribution is -2.31. The molecule has 1 aliphatic heterocycles. The van der Waals surface area contributed by atoms with E-state index in [9.17, 15) is 13.2 Å². The lowest BCUT2D eigenvalue weighted by Gasteiger charge is -2.22. The molecular weight excluding hydrogens is 369 g/mol. The Balaban J connectivity index is 2.34. The number of rotatable bonds is 4. The van der Waals surface area contributed by atoms with E-state index in [4.69, 9.17) is 5.84 Å². The Morgan fingerprint density at radius 1 is 1.29 bits per heavy atom. The zero-order valence-electron chi connectivity index (χ0n) is 16.8. The number of aliphatic imine (C=N–C) groups is 2. The van der Waals surface area contributed by atoms with Gasteiger partial charge in [0.1, 0.15) is 11.7 Å². The van der Waals surface area contributed by atoms with Gasteiger partial charge in [-0.25, -0.2) is 10.8 Å². The molecule has 0 fully saturated rings. The van der Waals surface area contributed by atoms with Crippen molar-refractivity contribution in [2.75, 3.05) is 27.2 Å². The standard InChI is InChI=1S/C19H27F3N6/c1-11-14(7-6-8-16(11)19(20,21)22)12(2)25-18(24-4)15-9-28(5)10-17(15)26-13(3)27-23/h6-8,12H,9-10,23H2,1-5H3,(H,24,25)(H,26,27)/t12-/m1/s1. The van der Waals surface area contributed by atoms with Crippen LogP contribution in [0.4, 0.5) is 13.2 Å². The molecule has 0 aliphatic carbocycles. The van der Waals surface area contributed by atoms with E-state index in [0.29, 0.717) is 30.3 Å². The molecular formula is C19H27F3N6. The third-order valence-electron chi connectivity index (χ3n) is 4.72. The number of amidine groups is 2. The van der Waals surface area contributed by atoms with Crippen LogP contribution in [-0.2, 0) is 6.18 Å². The Morgan fingerprint density at radius 3 is 2.54 bits per heavy atom. The molecule has 0 radical (unpaired) electrons. The molecule has 1 aromatic carbocycles. The van der Waals surface area contributed by atoms with Crippen LogP contribution in [0.2, 0.25) is 0 Å². The molecule has 0 unspecified atom stereocenters. The summed E-state index contributed by atoms with van der Waals surface area (Å²) in [5.41, 5.74) is 4.39. The Kier molecular flexibility index (Phi) is 6.84. The van der Waals surface area contributed by atoms with E-state index in [1.807, 2.05) is 14.0 Å². The van der Waals surface area contributed by atoms with Crippen LogP contribution in [0, 0.1) is 6.92 Å². The van der Waals surface area contributed by atoms with Crippen molar-refractivity contribution in [3.05, 3.63) is 46.2 Å². The average Bonchev–Trinajstić information content (AvgIpc) is 2.98. The topological polar surface area (TPSA) is 78.0 Å². The number of benzene rings is 1. The van der Waals surface area contributed by atoms with Crippen molar-refractivity contribution < 1.29 is 13.2 Å². The van der Waals surface area contributed by atoms with E-state index in [-0.39, 0.29) is 11.6 Å². The Bertz CT molecular complexity index is 810. The summed E-state index contributed by atoms with van der Waals surface area (Å²) < 4.78 is 39.7. The number of likely N-dealkylation sites (N-methyl/N-ethyl adjacent to an activating group) is 1. The van der Waals surface area contributed by atoms with Gasteiger partial charge in [0.15, 0.2) is 0 Å². The maximum Gasteiger partial charge on any atom is 0.416 e. The molecule has 6 nitrogen and oxygen atoms in total. The van der Waals surface area contributed by atoms with Gasteiger partial charge in [0.25, 0.3) is 0 Å². The van der Waals surface area contributed by atoms with E-state index >= 15 is 0 Å². The van der Waals surface area contributed by atoms with Crippen molar-refractivity contribution in [2.24, 2.45) is 15.8 Å². The maximum absolute atomic E-state index is 13.2. The normalized spacial score (nSPS) is 17.9. The SMILES string of the molecule is CN=C(N[C@H](C)c1cccc(C(F)(F)F)c1C)C1=C(N=C(C)NN)CN(C)C1. The molecule has 2 rings (SSSR count). The molecule has 0 saturated heterocycles. The Hall–Kier alpha value is -2.39. The second-order valence-corrected chi connectivity index (χ2v) is 6.89. The van der Waals surface area contributed by atoms with E-state index in [0.717, 1.165) is 17.3 Å². The predicted octanol–water partition coefficient (Wildman–Crippen LogP) is 2.77. The van der Waals surface area contributed by atoms with Gasteiger partial charge in [-0.1, -0.05) is 12.1 Å². The number of nitrogens with two attached hydrogens (primary N) is 1. The number of nitrogens with zero attached hydrogens (tertiary/aromatic N) is 3. The number of alkyl halides is 3. The highest BCUT2D eigenvalue weighted by molar-refractivity contribution is 6.00. The van der Waals surface area contributed by atoms with Crippen molar-refractivity contribution in [1.29, 1.82) is 0 Å². The molecule has 0 amide bonds. The first-order valence-corrected chi connectivity index (χ1v) is 8.91. The van der Waals surface area contributed by atoms with Crippen molar-refractivity contribution in [3.63, 3.8) is 0 Å². The number of halogens is 3. The molecule has 0 spiro atoms. The molecule has 9 heteroatoms. The number of hydrogen-bond acceptors (Lipinski definition) is 4. The molecule has 0 bridgehead atoms. The highest BCUT2D eigenvalue weighted by Gasteiger charge is 2.33. The van der Waals surface area contributed by atoms with Crippen molar-refractivity contribution in [2.45, 2.75) is 33.0 Å². The molecule has 0 aromatic heterocycles. The van der Waals surface area contributed by atoms with Crippen LogP contribution >= 0.6 is 0 Å².